The normalized spacial score (nSPS) is 49.4. The highest BCUT2D eigenvalue weighted by atomic mass is 16.7. The molecule has 6 fully saturated rings. The fourth-order valence-corrected chi connectivity index (χ4v) is 16.5. The fourth-order valence-electron chi connectivity index (χ4n) is 16.5. The van der Waals surface area contributed by atoms with Crippen molar-refractivity contribution in [3.8, 4) is 0 Å². The van der Waals surface area contributed by atoms with Gasteiger partial charge in [0.1, 0.15) is 24.5 Å². The van der Waals surface area contributed by atoms with Gasteiger partial charge in [-0.2, -0.15) is 0 Å². The minimum absolute atomic E-state index is 0.0972. The molecule has 0 unspecified atom stereocenters. The van der Waals surface area contributed by atoms with Gasteiger partial charge in [0.25, 0.3) is 0 Å². The number of H-pyrrole nitrogens is 1. The van der Waals surface area contributed by atoms with Gasteiger partial charge in [0.2, 0.25) is 5.91 Å². The Kier molecular flexibility index (Phi) is 13.8. The number of aliphatic hydroxyl groups excluding tert-OH is 9. The van der Waals surface area contributed by atoms with Crippen LogP contribution in [0.3, 0.4) is 0 Å². The summed E-state index contributed by atoms with van der Waals surface area (Å²) in [4.78, 5) is 35.1. The summed E-state index contributed by atoms with van der Waals surface area (Å²) in [6.45, 7) is 8.80. The van der Waals surface area contributed by atoms with Gasteiger partial charge >= 0.3 is 5.97 Å². The molecule has 7 aliphatic rings. The van der Waals surface area contributed by atoms with Crippen molar-refractivity contribution in [3.05, 3.63) is 29.9 Å². The minimum atomic E-state index is -1.69. The molecule has 67 heavy (non-hydrogen) atoms. The number of nitrogens with one attached hydrogen (secondary N) is 2. The molecule has 18 heteroatoms. The zero-order chi connectivity index (χ0) is 48.8. The molecule has 18 nitrogen and oxygen atoms in total. The lowest BCUT2D eigenvalue weighted by atomic mass is 9.31. The topological polar surface area (TPSA) is 322 Å². The van der Waals surface area contributed by atoms with Crippen LogP contribution in [-0.2, 0) is 19.1 Å². The number of imidazole rings is 1. The minimum Gasteiger partial charge on any atom is -0.481 e. The van der Waals surface area contributed by atoms with Crippen molar-refractivity contribution in [1.29, 1.82) is 0 Å². The van der Waals surface area contributed by atoms with Gasteiger partial charge in [-0.25, -0.2) is 4.98 Å². The maximum atomic E-state index is 14.0. The largest absolute Gasteiger partial charge is 0.481 e. The smallest absolute Gasteiger partial charge is 0.310 e. The van der Waals surface area contributed by atoms with Crippen LogP contribution in [-0.4, -0.2) is 155 Å². The number of hydrogen-bond acceptors (Lipinski definition) is 15. The number of allylic oxidation sites excluding steroid dienone is 2. The van der Waals surface area contributed by atoms with Gasteiger partial charge in [0.15, 0.2) is 6.29 Å². The van der Waals surface area contributed by atoms with Gasteiger partial charge in [-0.1, -0.05) is 46.3 Å². The summed E-state index contributed by atoms with van der Waals surface area (Å²) in [5, 5.41) is 115. The molecule has 1 aromatic rings. The second-order valence-corrected chi connectivity index (χ2v) is 23.4. The highest BCUT2D eigenvalue weighted by Gasteiger charge is 2.75. The number of hydrogen-bond donors (Lipinski definition) is 13. The van der Waals surface area contributed by atoms with E-state index in [9.17, 15) is 60.7 Å². The van der Waals surface area contributed by atoms with Gasteiger partial charge in [-0.05, 0) is 121 Å². The molecule has 0 radical (unpaired) electrons. The molecule has 0 bridgehead atoms. The van der Waals surface area contributed by atoms with Crippen LogP contribution in [0.1, 0.15) is 110 Å². The third-order valence-electron chi connectivity index (χ3n) is 20.4. The Morgan fingerprint density at radius 1 is 0.955 bits per heavy atom. The Morgan fingerprint density at radius 3 is 2.30 bits per heavy atom. The molecule has 0 aromatic carbocycles. The fraction of sp³-hybridized carbons (Fsp3) is 0.857. The quantitative estimate of drug-likeness (QED) is 0.0695. The number of carbonyl (C=O) groups excluding carboxylic acids is 1. The Bertz CT molecular complexity index is 1990. The van der Waals surface area contributed by atoms with Crippen molar-refractivity contribution in [2.24, 2.45) is 79.6 Å². The van der Waals surface area contributed by atoms with Gasteiger partial charge in [0, 0.05) is 42.5 Å². The average Bonchev–Trinajstić information content (AvgIpc) is 3.94. The number of amides is 1. The molecule has 22 atom stereocenters. The maximum absolute atomic E-state index is 14.0. The molecule has 2 saturated heterocycles. The number of carbonyl (C=O) groups is 2. The second-order valence-electron chi connectivity index (χ2n) is 23.4. The third kappa shape index (κ3) is 7.60. The third-order valence-corrected chi connectivity index (χ3v) is 20.4. The standard InChI is InChI=1S/C49H78N4O14/c1-44(21-56)12-13-49(43(64)65)24(18-54)15-47(4)28(30(49)16-44)7-8-34-46(47,3)11-10-33-45(2,22-57)40(67-42-39(62)38(61)32(58)20-66-42)37(60)29(48(33,34)5)14-26-27(19-55)41(63)53-36(26)25(6-9-35(50)59)31-17-51-23-52-31/h7,17,23-27,29-30,32-40,42,54-62H,6,8-16,18-22,50H2,1-5H3,(H,51,52)(H,53,63)(H,64,65)/t24-,25+,26+,27+,29-,30-,32+,33+,34-,35-,36+,37+,38-,39+,40+,42-,44-,45-,46+,47+,48-,49-/m0/s1. The molecular formula is C49H78N4O14. The molecule has 14 N–H and O–H groups in total. The number of carboxylic acid groups (broad SMARTS) is 1. The van der Waals surface area contributed by atoms with Crippen LogP contribution in [0, 0.1) is 73.9 Å². The lowest BCUT2D eigenvalue weighted by molar-refractivity contribution is -0.340. The van der Waals surface area contributed by atoms with Crippen molar-refractivity contribution >= 4 is 11.9 Å². The summed E-state index contributed by atoms with van der Waals surface area (Å²) >= 11 is 0. The lowest BCUT2D eigenvalue weighted by Crippen LogP contribution is -2.73. The monoisotopic (exact) mass is 947 g/mol. The number of rotatable bonds is 14. The van der Waals surface area contributed by atoms with E-state index in [1.807, 2.05) is 13.8 Å². The Labute approximate surface area is 392 Å². The van der Waals surface area contributed by atoms with E-state index in [0.717, 1.165) is 5.57 Å². The van der Waals surface area contributed by atoms with E-state index in [-0.39, 0.29) is 50.4 Å². The molecule has 2 aliphatic heterocycles. The number of aromatic nitrogens is 2. The first kappa shape index (κ1) is 50.8. The summed E-state index contributed by atoms with van der Waals surface area (Å²) in [7, 11) is 0. The van der Waals surface area contributed by atoms with Gasteiger partial charge in [-0.3, -0.25) is 9.59 Å². The van der Waals surface area contributed by atoms with E-state index in [4.69, 9.17) is 15.2 Å². The van der Waals surface area contributed by atoms with E-state index in [0.29, 0.717) is 57.1 Å². The van der Waals surface area contributed by atoms with Crippen LogP contribution in [0.5, 0.6) is 0 Å². The van der Waals surface area contributed by atoms with E-state index in [1.54, 1.807) is 6.20 Å². The Balaban J connectivity index is 1.28. The van der Waals surface area contributed by atoms with E-state index in [1.165, 1.54) is 6.33 Å². The lowest BCUT2D eigenvalue weighted by Gasteiger charge is -2.74. The predicted molar refractivity (Wildman–Crippen MR) is 240 cm³/mol. The number of nitrogens with zero attached hydrogens (tertiary/aromatic N) is 1. The highest BCUT2D eigenvalue weighted by molar-refractivity contribution is 5.82. The predicted octanol–water partition coefficient (Wildman–Crippen LogP) is 0.734. The Morgan fingerprint density at radius 2 is 1.69 bits per heavy atom. The molecule has 378 valence electrons. The van der Waals surface area contributed by atoms with E-state index in [2.05, 4.69) is 42.1 Å². The summed E-state index contributed by atoms with van der Waals surface area (Å²) < 4.78 is 12.4. The zero-order valence-corrected chi connectivity index (χ0v) is 39.7. The van der Waals surface area contributed by atoms with Crippen LogP contribution in [0.15, 0.2) is 24.2 Å². The first-order valence-electron chi connectivity index (χ1n) is 24.7. The number of carboxylic acids is 1. The summed E-state index contributed by atoms with van der Waals surface area (Å²) in [6.07, 6.45) is -0.446. The molecule has 1 amide bonds. The summed E-state index contributed by atoms with van der Waals surface area (Å²) in [5.41, 5.74) is 2.57. The van der Waals surface area contributed by atoms with Gasteiger partial charge < -0.3 is 76.6 Å². The van der Waals surface area contributed by atoms with Crippen molar-refractivity contribution in [3.63, 3.8) is 0 Å². The summed E-state index contributed by atoms with van der Waals surface area (Å²) in [5.74, 6) is -5.61. The van der Waals surface area contributed by atoms with Crippen LogP contribution >= 0.6 is 0 Å². The van der Waals surface area contributed by atoms with Crippen LogP contribution in [0.25, 0.3) is 0 Å². The van der Waals surface area contributed by atoms with E-state index >= 15 is 0 Å². The van der Waals surface area contributed by atoms with Crippen molar-refractivity contribution < 1.29 is 70.1 Å². The Hall–Kier alpha value is -2.59. The number of aromatic amines is 1. The zero-order valence-electron chi connectivity index (χ0n) is 39.7. The second kappa shape index (κ2) is 18.2. The molecule has 4 saturated carbocycles. The van der Waals surface area contributed by atoms with Gasteiger partial charge in [0.05, 0.1) is 49.7 Å². The van der Waals surface area contributed by atoms with Gasteiger partial charge in [-0.15, -0.1) is 0 Å². The SMILES string of the molecule is C[C@]1(CO)CC[C@]2(C(=O)O)[C@H](CO)C[C@]3(C)C(=CC[C@@H]4[C@]5(C)[C@H](CC[C@]43C)[C@](C)(CO)[C@H](O[C@@H]3OC[C@@H](O)[C@H](O)[C@H]3O)[C@H](O)[C@@H]5C[C@H]3[C@@H]([C@H](CC[C@@H](N)O)c4cnc[nH]4)NC(=O)[C@@H]3CO)[C@@H]2C1. The molecule has 1 aromatic heterocycles. The van der Waals surface area contributed by atoms with Crippen LogP contribution in [0.2, 0.25) is 0 Å². The molecule has 3 heterocycles. The maximum Gasteiger partial charge on any atom is 0.310 e. The first-order chi connectivity index (χ1) is 31.6. The van der Waals surface area contributed by atoms with Crippen LogP contribution < -0.4 is 11.1 Å². The first-order valence-corrected chi connectivity index (χ1v) is 24.7. The average molecular weight is 947 g/mol. The van der Waals surface area contributed by atoms with Crippen molar-refractivity contribution in [2.75, 3.05) is 33.0 Å². The number of nitrogens with two attached hydrogens (primary N) is 1. The number of aliphatic carboxylic acids is 1. The van der Waals surface area contributed by atoms with Crippen molar-refractivity contribution in [1.82, 2.24) is 15.3 Å². The molecule has 0 spiro atoms. The van der Waals surface area contributed by atoms with Crippen LogP contribution in [0.4, 0.5) is 0 Å². The highest BCUT2D eigenvalue weighted by Crippen LogP contribution is 2.78. The van der Waals surface area contributed by atoms with Crippen molar-refractivity contribution in [2.45, 2.75) is 154 Å². The molecular weight excluding hydrogens is 869 g/mol. The molecule has 5 aliphatic carbocycles. The molecule has 8 rings (SSSR count). The number of aliphatic hydroxyl groups is 9. The number of fused-ring (bicyclic) bond motifs is 7. The van der Waals surface area contributed by atoms with E-state index < -0.39 is 136 Å². The summed E-state index contributed by atoms with van der Waals surface area (Å²) in [6, 6.07) is -0.617. The number of ether oxygens (including phenoxy) is 2.